The Labute approximate surface area is 130 Å². The first-order valence-electron chi connectivity index (χ1n) is 6.76. The molecule has 0 aliphatic carbocycles. The number of hydrogen-bond acceptors (Lipinski definition) is 3. The van der Waals surface area contributed by atoms with Crippen molar-refractivity contribution in [3.8, 4) is 5.69 Å². The highest BCUT2D eigenvalue weighted by molar-refractivity contribution is 7.16. The largest absolute Gasteiger partial charge is 0.481 e. The van der Waals surface area contributed by atoms with Gasteiger partial charge in [0.1, 0.15) is 10.5 Å². The van der Waals surface area contributed by atoms with Crippen LogP contribution >= 0.6 is 11.3 Å². The van der Waals surface area contributed by atoms with Gasteiger partial charge in [0.2, 0.25) is 0 Å². The molecule has 6 heteroatoms. The van der Waals surface area contributed by atoms with Crippen molar-refractivity contribution in [1.29, 1.82) is 0 Å². The monoisotopic (exact) mass is 314 g/mol. The molecule has 0 saturated heterocycles. The molecule has 0 bridgehead atoms. The summed E-state index contributed by atoms with van der Waals surface area (Å²) in [6.07, 6.45) is 0.524. The van der Waals surface area contributed by atoms with Crippen LogP contribution in [0.15, 0.2) is 41.8 Å². The van der Waals surface area contributed by atoms with Gasteiger partial charge >= 0.3 is 5.97 Å². The Kier molecular flexibility index (Phi) is 3.68. The van der Waals surface area contributed by atoms with Crippen LogP contribution in [0.1, 0.15) is 22.5 Å². The average Bonchev–Trinajstić information content (AvgIpc) is 3.05. The number of thiophene rings is 1. The topological polar surface area (TPSA) is 85.3 Å². The van der Waals surface area contributed by atoms with Gasteiger partial charge < -0.3 is 10.8 Å². The molecule has 3 rings (SSSR count). The van der Waals surface area contributed by atoms with Gasteiger partial charge in [-0.05, 0) is 41.6 Å². The number of carbonyl (C=O) groups excluding carboxylic acids is 1. The Morgan fingerprint density at radius 2 is 2.05 bits per heavy atom. The zero-order valence-corrected chi connectivity index (χ0v) is 12.5. The lowest BCUT2D eigenvalue weighted by Gasteiger charge is -2.09. The maximum atomic E-state index is 11.7. The standard InChI is InChI=1S/C16H14N2O3S/c17-15(21)13-9-11-6-7-22-16(11)18(13)12-3-1-2-10(8-12)4-5-14(19)20/h1-3,6-9H,4-5H2,(H2,17,21)(H,19,20). The molecule has 5 nitrogen and oxygen atoms in total. The van der Waals surface area contributed by atoms with Crippen LogP contribution in [-0.2, 0) is 11.2 Å². The Morgan fingerprint density at radius 3 is 2.77 bits per heavy atom. The molecular weight excluding hydrogens is 300 g/mol. The highest BCUT2D eigenvalue weighted by atomic mass is 32.1. The zero-order valence-electron chi connectivity index (χ0n) is 11.7. The van der Waals surface area contributed by atoms with Crippen LogP contribution in [-0.4, -0.2) is 21.6 Å². The zero-order chi connectivity index (χ0) is 15.7. The number of benzene rings is 1. The van der Waals surface area contributed by atoms with Gasteiger partial charge in [0.25, 0.3) is 5.91 Å². The minimum atomic E-state index is -0.829. The van der Waals surface area contributed by atoms with Crippen molar-refractivity contribution in [3.63, 3.8) is 0 Å². The van der Waals surface area contributed by atoms with E-state index in [4.69, 9.17) is 10.8 Å². The summed E-state index contributed by atoms with van der Waals surface area (Å²) in [7, 11) is 0. The van der Waals surface area contributed by atoms with E-state index in [2.05, 4.69) is 0 Å². The molecular formula is C16H14N2O3S. The molecule has 1 amide bonds. The SMILES string of the molecule is NC(=O)c1cc2ccsc2n1-c1cccc(CCC(=O)O)c1. The Balaban J connectivity index is 2.08. The van der Waals surface area contributed by atoms with Crippen molar-refractivity contribution in [2.45, 2.75) is 12.8 Å². The van der Waals surface area contributed by atoms with E-state index >= 15 is 0 Å². The predicted molar refractivity (Wildman–Crippen MR) is 85.6 cm³/mol. The Hall–Kier alpha value is -2.60. The first-order valence-corrected chi connectivity index (χ1v) is 7.64. The second-order valence-electron chi connectivity index (χ2n) is 4.97. The van der Waals surface area contributed by atoms with Crippen molar-refractivity contribution in [1.82, 2.24) is 4.57 Å². The van der Waals surface area contributed by atoms with E-state index in [1.807, 2.05) is 40.3 Å². The average molecular weight is 314 g/mol. The summed E-state index contributed by atoms with van der Waals surface area (Å²) >= 11 is 1.53. The summed E-state index contributed by atoms with van der Waals surface area (Å²) < 4.78 is 1.83. The minimum Gasteiger partial charge on any atom is -0.481 e. The number of aliphatic carboxylic acids is 1. The van der Waals surface area contributed by atoms with Gasteiger partial charge in [0, 0.05) is 17.5 Å². The molecule has 0 aliphatic heterocycles. The number of primary amides is 1. The van der Waals surface area contributed by atoms with Gasteiger partial charge in [-0.1, -0.05) is 12.1 Å². The highest BCUT2D eigenvalue weighted by Gasteiger charge is 2.15. The van der Waals surface area contributed by atoms with Gasteiger partial charge in [-0.3, -0.25) is 14.2 Å². The van der Waals surface area contributed by atoms with E-state index in [-0.39, 0.29) is 6.42 Å². The van der Waals surface area contributed by atoms with Crippen molar-refractivity contribution in [3.05, 3.63) is 53.0 Å². The summed E-state index contributed by atoms with van der Waals surface area (Å²) in [5.74, 6) is -1.32. The third-order valence-electron chi connectivity index (χ3n) is 3.46. The highest BCUT2D eigenvalue weighted by Crippen LogP contribution is 2.29. The number of hydrogen-bond donors (Lipinski definition) is 2. The minimum absolute atomic E-state index is 0.0756. The molecule has 0 fully saturated rings. The molecule has 0 atom stereocenters. The number of carbonyl (C=O) groups is 2. The van der Waals surface area contributed by atoms with Gasteiger partial charge in [0.05, 0.1) is 0 Å². The number of rotatable bonds is 5. The van der Waals surface area contributed by atoms with Crippen LogP contribution in [0, 0.1) is 0 Å². The summed E-state index contributed by atoms with van der Waals surface area (Å²) in [5, 5.41) is 11.7. The van der Waals surface area contributed by atoms with Gasteiger partial charge in [0.15, 0.2) is 0 Å². The predicted octanol–water partition coefficient (Wildman–Crippen LogP) is 2.81. The smallest absolute Gasteiger partial charge is 0.303 e. The lowest BCUT2D eigenvalue weighted by atomic mass is 10.1. The maximum absolute atomic E-state index is 11.7. The molecule has 22 heavy (non-hydrogen) atoms. The van der Waals surface area contributed by atoms with Crippen molar-refractivity contribution < 1.29 is 14.7 Å². The van der Waals surface area contributed by atoms with E-state index in [9.17, 15) is 9.59 Å². The van der Waals surface area contributed by atoms with Gasteiger partial charge in [-0.15, -0.1) is 11.3 Å². The molecule has 0 unspecified atom stereocenters. The lowest BCUT2D eigenvalue weighted by Crippen LogP contribution is -2.15. The number of nitrogens with zero attached hydrogens (tertiary/aromatic N) is 1. The molecule has 2 heterocycles. The fourth-order valence-corrected chi connectivity index (χ4v) is 3.38. The number of carboxylic acid groups (broad SMARTS) is 1. The Bertz CT molecular complexity index is 863. The van der Waals surface area contributed by atoms with E-state index in [0.717, 1.165) is 21.5 Å². The molecule has 2 aromatic heterocycles. The van der Waals surface area contributed by atoms with E-state index in [1.54, 1.807) is 6.07 Å². The van der Waals surface area contributed by atoms with Crippen LogP contribution in [0.2, 0.25) is 0 Å². The maximum Gasteiger partial charge on any atom is 0.303 e. The molecule has 0 aliphatic rings. The van der Waals surface area contributed by atoms with Gasteiger partial charge in [-0.2, -0.15) is 0 Å². The van der Waals surface area contributed by atoms with E-state index in [0.29, 0.717) is 12.1 Å². The van der Waals surface area contributed by atoms with Crippen molar-refractivity contribution >= 4 is 33.4 Å². The molecule has 0 saturated carbocycles. The van der Waals surface area contributed by atoms with Crippen LogP contribution < -0.4 is 5.73 Å². The van der Waals surface area contributed by atoms with Crippen molar-refractivity contribution in [2.75, 3.05) is 0 Å². The number of amides is 1. The third kappa shape index (κ3) is 2.60. The number of carboxylic acids is 1. The first-order chi connectivity index (χ1) is 10.6. The fourth-order valence-electron chi connectivity index (χ4n) is 2.46. The fraction of sp³-hybridized carbons (Fsp3) is 0.125. The normalized spacial score (nSPS) is 10.9. The quantitative estimate of drug-likeness (QED) is 0.759. The molecule has 0 radical (unpaired) electrons. The second-order valence-corrected chi connectivity index (χ2v) is 5.87. The lowest BCUT2D eigenvalue weighted by molar-refractivity contribution is -0.136. The molecule has 0 spiro atoms. The van der Waals surface area contributed by atoms with Crippen LogP contribution in [0.3, 0.4) is 0 Å². The third-order valence-corrected chi connectivity index (χ3v) is 4.37. The first kappa shape index (κ1) is 14.3. The number of aryl methyl sites for hydroxylation is 1. The molecule has 3 N–H and O–H groups in total. The summed E-state index contributed by atoms with van der Waals surface area (Å²) in [4.78, 5) is 23.3. The number of nitrogens with two attached hydrogens (primary N) is 1. The summed E-state index contributed by atoms with van der Waals surface area (Å²) in [6.45, 7) is 0. The molecule has 1 aromatic carbocycles. The Morgan fingerprint density at radius 1 is 1.23 bits per heavy atom. The van der Waals surface area contributed by atoms with E-state index < -0.39 is 11.9 Å². The van der Waals surface area contributed by atoms with Crippen molar-refractivity contribution in [2.24, 2.45) is 5.73 Å². The van der Waals surface area contributed by atoms with E-state index in [1.165, 1.54) is 11.3 Å². The van der Waals surface area contributed by atoms with Crippen LogP contribution in [0.25, 0.3) is 15.9 Å². The summed E-state index contributed by atoms with van der Waals surface area (Å²) in [6, 6.07) is 11.2. The molecule has 112 valence electrons. The van der Waals surface area contributed by atoms with Crippen LogP contribution in [0.5, 0.6) is 0 Å². The second kappa shape index (κ2) is 5.65. The number of fused-ring (bicyclic) bond motifs is 1. The van der Waals surface area contributed by atoms with Crippen LogP contribution in [0.4, 0.5) is 0 Å². The number of aromatic nitrogens is 1. The summed E-state index contributed by atoms with van der Waals surface area (Å²) in [5.41, 5.74) is 7.63. The van der Waals surface area contributed by atoms with Gasteiger partial charge in [-0.25, -0.2) is 0 Å². The molecule has 3 aromatic rings.